The standard InChI is InChI=1S/C21H21N5O/c27-19-15-26(14-17-9-5-2-6-10-17)20-18(24-19)13-23-21(25-20)22-12-11-16-7-3-1-4-8-16/h1-10,13H,11-12,14-15H2,(H,24,27)(H,22,23,25). The summed E-state index contributed by atoms with van der Waals surface area (Å²) >= 11 is 0. The highest BCUT2D eigenvalue weighted by Crippen LogP contribution is 2.28. The number of anilines is 3. The molecule has 1 aliphatic rings. The Labute approximate surface area is 158 Å². The molecule has 0 spiro atoms. The fourth-order valence-corrected chi connectivity index (χ4v) is 3.12. The number of hydrogen-bond donors (Lipinski definition) is 2. The highest BCUT2D eigenvalue weighted by molar-refractivity contribution is 6.00. The van der Waals surface area contributed by atoms with Gasteiger partial charge in [0.05, 0.1) is 12.7 Å². The van der Waals surface area contributed by atoms with E-state index in [1.807, 2.05) is 53.4 Å². The minimum absolute atomic E-state index is 0.0492. The first-order valence-corrected chi connectivity index (χ1v) is 9.01. The van der Waals surface area contributed by atoms with Gasteiger partial charge in [-0.05, 0) is 17.5 Å². The van der Waals surface area contributed by atoms with Crippen LogP contribution in [-0.4, -0.2) is 29.0 Å². The van der Waals surface area contributed by atoms with Gasteiger partial charge in [-0.15, -0.1) is 0 Å². The minimum atomic E-state index is -0.0492. The summed E-state index contributed by atoms with van der Waals surface area (Å²) in [5, 5.41) is 6.13. The second-order valence-corrected chi connectivity index (χ2v) is 6.48. The number of nitrogens with zero attached hydrogens (tertiary/aromatic N) is 3. The number of aromatic nitrogens is 2. The second-order valence-electron chi connectivity index (χ2n) is 6.48. The van der Waals surface area contributed by atoms with Crippen molar-refractivity contribution in [2.75, 3.05) is 28.6 Å². The van der Waals surface area contributed by atoms with Crippen LogP contribution in [0.15, 0.2) is 66.9 Å². The number of amides is 1. The maximum absolute atomic E-state index is 12.0. The van der Waals surface area contributed by atoms with Crippen LogP contribution >= 0.6 is 0 Å². The Kier molecular flexibility index (Phi) is 4.96. The van der Waals surface area contributed by atoms with E-state index in [-0.39, 0.29) is 12.5 Å². The monoisotopic (exact) mass is 359 g/mol. The number of carbonyl (C=O) groups excluding carboxylic acids is 1. The van der Waals surface area contributed by atoms with Crippen LogP contribution in [0.5, 0.6) is 0 Å². The number of hydrogen-bond acceptors (Lipinski definition) is 5. The molecule has 0 unspecified atom stereocenters. The van der Waals surface area contributed by atoms with Crippen molar-refractivity contribution in [3.8, 4) is 0 Å². The van der Waals surface area contributed by atoms with Gasteiger partial charge in [0.1, 0.15) is 5.69 Å². The van der Waals surface area contributed by atoms with Crippen molar-refractivity contribution in [1.29, 1.82) is 0 Å². The van der Waals surface area contributed by atoms with E-state index in [0.717, 1.165) is 24.3 Å². The fraction of sp³-hybridized carbons (Fsp3) is 0.190. The number of benzene rings is 2. The summed E-state index contributed by atoms with van der Waals surface area (Å²) in [6.07, 6.45) is 2.56. The quantitative estimate of drug-likeness (QED) is 0.708. The van der Waals surface area contributed by atoms with Gasteiger partial charge in [0.15, 0.2) is 5.82 Å². The average Bonchev–Trinajstić information content (AvgIpc) is 2.70. The zero-order chi connectivity index (χ0) is 18.5. The van der Waals surface area contributed by atoms with Gasteiger partial charge in [-0.1, -0.05) is 60.7 Å². The molecule has 4 rings (SSSR count). The van der Waals surface area contributed by atoms with E-state index in [1.165, 1.54) is 5.56 Å². The zero-order valence-corrected chi connectivity index (χ0v) is 14.9. The summed E-state index contributed by atoms with van der Waals surface area (Å²) in [7, 11) is 0. The van der Waals surface area contributed by atoms with E-state index in [0.29, 0.717) is 18.2 Å². The number of carbonyl (C=O) groups is 1. The van der Waals surface area contributed by atoms with Gasteiger partial charge in [0.2, 0.25) is 11.9 Å². The van der Waals surface area contributed by atoms with Crippen molar-refractivity contribution in [3.05, 3.63) is 78.0 Å². The minimum Gasteiger partial charge on any atom is -0.354 e. The van der Waals surface area contributed by atoms with Crippen LogP contribution in [0.1, 0.15) is 11.1 Å². The molecule has 6 heteroatoms. The van der Waals surface area contributed by atoms with Gasteiger partial charge in [0.25, 0.3) is 0 Å². The Balaban J connectivity index is 1.48. The highest BCUT2D eigenvalue weighted by Gasteiger charge is 2.24. The summed E-state index contributed by atoms with van der Waals surface area (Å²) < 4.78 is 0. The Morgan fingerprint density at radius 1 is 1.00 bits per heavy atom. The van der Waals surface area contributed by atoms with E-state index in [1.54, 1.807) is 6.20 Å². The van der Waals surface area contributed by atoms with Crippen LogP contribution in [0.25, 0.3) is 0 Å². The summed E-state index contributed by atoms with van der Waals surface area (Å²) in [6.45, 7) is 1.65. The average molecular weight is 359 g/mol. The molecule has 0 radical (unpaired) electrons. The van der Waals surface area contributed by atoms with Crippen LogP contribution in [0.4, 0.5) is 17.5 Å². The molecule has 0 atom stereocenters. The topological polar surface area (TPSA) is 70.2 Å². The third-order valence-electron chi connectivity index (χ3n) is 4.43. The van der Waals surface area contributed by atoms with Crippen molar-refractivity contribution in [2.45, 2.75) is 13.0 Å². The lowest BCUT2D eigenvalue weighted by Crippen LogP contribution is -2.38. The SMILES string of the molecule is O=C1CN(Cc2ccccc2)c2nc(NCCc3ccccc3)ncc2N1. The molecule has 1 aliphatic heterocycles. The normalized spacial score (nSPS) is 13.0. The lowest BCUT2D eigenvalue weighted by molar-refractivity contribution is -0.115. The van der Waals surface area contributed by atoms with Crippen molar-refractivity contribution >= 4 is 23.4 Å². The van der Waals surface area contributed by atoms with E-state index in [9.17, 15) is 4.79 Å². The molecule has 2 aromatic carbocycles. The zero-order valence-electron chi connectivity index (χ0n) is 14.9. The third-order valence-corrected chi connectivity index (χ3v) is 4.43. The molecule has 0 bridgehead atoms. The molecular formula is C21H21N5O. The van der Waals surface area contributed by atoms with E-state index in [2.05, 4.69) is 32.7 Å². The predicted molar refractivity (Wildman–Crippen MR) is 107 cm³/mol. The first kappa shape index (κ1) is 17.0. The summed E-state index contributed by atoms with van der Waals surface area (Å²) in [5.74, 6) is 1.27. The molecule has 0 saturated carbocycles. The van der Waals surface area contributed by atoms with Crippen LogP contribution in [0, 0.1) is 0 Å². The van der Waals surface area contributed by atoms with Gasteiger partial charge in [-0.3, -0.25) is 4.79 Å². The van der Waals surface area contributed by atoms with Crippen LogP contribution in [-0.2, 0) is 17.8 Å². The van der Waals surface area contributed by atoms with Crippen LogP contribution in [0.3, 0.4) is 0 Å². The number of fused-ring (bicyclic) bond motifs is 1. The highest BCUT2D eigenvalue weighted by atomic mass is 16.2. The van der Waals surface area contributed by atoms with Crippen molar-refractivity contribution < 1.29 is 4.79 Å². The van der Waals surface area contributed by atoms with Gasteiger partial charge in [-0.25, -0.2) is 4.98 Å². The van der Waals surface area contributed by atoms with E-state index >= 15 is 0 Å². The van der Waals surface area contributed by atoms with Gasteiger partial charge in [-0.2, -0.15) is 4.98 Å². The van der Waals surface area contributed by atoms with E-state index in [4.69, 9.17) is 0 Å². The van der Waals surface area contributed by atoms with Crippen molar-refractivity contribution in [2.24, 2.45) is 0 Å². The second kappa shape index (κ2) is 7.86. The lowest BCUT2D eigenvalue weighted by atomic mass is 10.1. The Morgan fingerprint density at radius 2 is 1.70 bits per heavy atom. The first-order valence-electron chi connectivity index (χ1n) is 9.01. The lowest BCUT2D eigenvalue weighted by Gasteiger charge is -2.29. The first-order chi connectivity index (χ1) is 13.3. The predicted octanol–water partition coefficient (Wildman–Crippen LogP) is 3.09. The molecule has 136 valence electrons. The largest absolute Gasteiger partial charge is 0.354 e. The molecule has 2 heterocycles. The maximum Gasteiger partial charge on any atom is 0.244 e. The molecular weight excluding hydrogens is 338 g/mol. The molecule has 0 aliphatic carbocycles. The molecule has 6 nitrogen and oxygen atoms in total. The van der Waals surface area contributed by atoms with Gasteiger partial charge >= 0.3 is 0 Å². The van der Waals surface area contributed by atoms with Gasteiger partial charge in [0, 0.05) is 13.1 Å². The fourth-order valence-electron chi connectivity index (χ4n) is 3.12. The maximum atomic E-state index is 12.0. The smallest absolute Gasteiger partial charge is 0.244 e. The molecule has 0 fully saturated rings. The number of rotatable bonds is 6. The Hall–Kier alpha value is -3.41. The Morgan fingerprint density at radius 3 is 2.44 bits per heavy atom. The summed E-state index contributed by atoms with van der Waals surface area (Å²) in [5.41, 5.74) is 3.05. The van der Waals surface area contributed by atoms with E-state index < -0.39 is 0 Å². The molecule has 3 aromatic rings. The molecule has 27 heavy (non-hydrogen) atoms. The van der Waals surface area contributed by atoms with Crippen molar-refractivity contribution in [1.82, 2.24) is 9.97 Å². The van der Waals surface area contributed by atoms with Crippen molar-refractivity contribution in [3.63, 3.8) is 0 Å². The Bertz CT molecular complexity index is 914. The summed E-state index contributed by atoms with van der Waals surface area (Å²) in [6, 6.07) is 20.4. The van der Waals surface area contributed by atoms with Crippen LogP contribution < -0.4 is 15.5 Å². The number of nitrogens with one attached hydrogen (secondary N) is 2. The molecule has 2 N–H and O–H groups in total. The molecule has 1 amide bonds. The molecule has 1 aromatic heterocycles. The third kappa shape index (κ3) is 4.23. The van der Waals surface area contributed by atoms with Gasteiger partial charge < -0.3 is 15.5 Å². The molecule has 0 saturated heterocycles. The summed E-state index contributed by atoms with van der Waals surface area (Å²) in [4.78, 5) is 23.0. The van der Waals surface area contributed by atoms with Crippen LogP contribution in [0.2, 0.25) is 0 Å².